The molecule has 0 heterocycles. The van der Waals surface area contributed by atoms with E-state index in [9.17, 15) is 4.79 Å². The highest BCUT2D eigenvalue weighted by Crippen LogP contribution is 2.03. The van der Waals surface area contributed by atoms with Gasteiger partial charge in [-0.3, -0.25) is 9.79 Å². The first-order valence-corrected chi connectivity index (χ1v) is 5.14. The van der Waals surface area contributed by atoms with Crippen molar-refractivity contribution in [1.82, 2.24) is 0 Å². The number of carbonyl (C=O) groups excluding carboxylic acids is 1. The van der Waals surface area contributed by atoms with Gasteiger partial charge in [0, 0.05) is 6.54 Å². The smallest absolute Gasteiger partial charge is 0.241 e. The normalized spacial score (nSPS) is 9.75. The zero-order chi connectivity index (χ0) is 11.5. The molecule has 5 nitrogen and oxygen atoms in total. The summed E-state index contributed by atoms with van der Waals surface area (Å²) in [7, 11) is 0. The number of amides is 1. The molecular formula is C10H21ClN4O. The summed E-state index contributed by atoms with van der Waals surface area (Å²) in [6.07, 6.45) is 8.37. The Morgan fingerprint density at radius 2 is 1.69 bits per heavy atom. The van der Waals surface area contributed by atoms with Gasteiger partial charge in [-0.1, -0.05) is 18.9 Å². The van der Waals surface area contributed by atoms with Crippen molar-refractivity contribution < 1.29 is 4.79 Å². The summed E-state index contributed by atoms with van der Waals surface area (Å²) in [5.41, 5.74) is 15.3. The number of hydrogen-bond donors (Lipinski definition) is 3. The Balaban J connectivity index is 0. The third kappa shape index (κ3) is 15.3. The van der Waals surface area contributed by atoms with Crippen LogP contribution < -0.4 is 17.2 Å². The highest BCUT2D eigenvalue weighted by atomic mass is 35.5. The summed E-state index contributed by atoms with van der Waals surface area (Å²) in [6, 6.07) is 0. The molecule has 94 valence electrons. The molecule has 0 aliphatic heterocycles. The van der Waals surface area contributed by atoms with Crippen molar-refractivity contribution in [1.29, 1.82) is 0 Å². The van der Waals surface area contributed by atoms with E-state index < -0.39 is 0 Å². The molecule has 6 N–H and O–H groups in total. The van der Waals surface area contributed by atoms with Crippen LogP contribution in [0.15, 0.2) is 17.1 Å². The maximum Gasteiger partial charge on any atom is 0.241 e. The van der Waals surface area contributed by atoms with E-state index in [1.807, 2.05) is 0 Å². The topological polar surface area (TPSA) is 107 Å². The van der Waals surface area contributed by atoms with Crippen LogP contribution >= 0.6 is 12.4 Å². The molecule has 0 aliphatic carbocycles. The lowest BCUT2D eigenvalue weighted by atomic mass is 10.1. The van der Waals surface area contributed by atoms with E-state index in [1.165, 1.54) is 6.08 Å². The second-order valence-electron chi connectivity index (χ2n) is 3.31. The van der Waals surface area contributed by atoms with Crippen molar-refractivity contribution in [2.45, 2.75) is 32.1 Å². The first-order chi connectivity index (χ1) is 7.13. The van der Waals surface area contributed by atoms with Crippen molar-refractivity contribution >= 4 is 24.3 Å². The van der Waals surface area contributed by atoms with E-state index in [-0.39, 0.29) is 24.3 Å². The molecular weight excluding hydrogens is 228 g/mol. The highest BCUT2D eigenvalue weighted by molar-refractivity contribution is 5.85. The SMILES string of the molecule is Cl.NC(=O)C=CCCCCCCN=C(N)N. The summed E-state index contributed by atoms with van der Waals surface area (Å²) < 4.78 is 0. The van der Waals surface area contributed by atoms with E-state index in [0.717, 1.165) is 32.1 Å². The van der Waals surface area contributed by atoms with Gasteiger partial charge in [-0.25, -0.2) is 0 Å². The minimum Gasteiger partial charge on any atom is -0.370 e. The van der Waals surface area contributed by atoms with Crippen LogP contribution in [0.5, 0.6) is 0 Å². The monoisotopic (exact) mass is 248 g/mol. The molecule has 0 radical (unpaired) electrons. The molecule has 0 rings (SSSR count). The summed E-state index contributed by atoms with van der Waals surface area (Å²) in [5, 5.41) is 0. The molecule has 0 unspecified atom stereocenters. The lowest BCUT2D eigenvalue weighted by molar-refractivity contribution is -0.113. The van der Waals surface area contributed by atoms with E-state index in [4.69, 9.17) is 17.2 Å². The predicted molar refractivity (Wildman–Crippen MR) is 69.3 cm³/mol. The molecule has 0 aromatic heterocycles. The van der Waals surface area contributed by atoms with Crippen molar-refractivity contribution in [3.8, 4) is 0 Å². The Morgan fingerprint density at radius 1 is 1.06 bits per heavy atom. The third-order valence-electron chi connectivity index (χ3n) is 1.86. The molecule has 0 bridgehead atoms. The highest BCUT2D eigenvalue weighted by Gasteiger charge is 1.89. The maximum atomic E-state index is 10.3. The van der Waals surface area contributed by atoms with Crippen LogP contribution in [0.3, 0.4) is 0 Å². The Labute approximate surface area is 103 Å². The first kappa shape index (κ1) is 17.2. The molecule has 0 aromatic carbocycles. The summed E-state index contributed by atoms with van der Waals surface area (Å²) >= 11 is 0. The Kier molecular flexibility index (Phi) is 12.7. The average molecular weight is 249 g/mol. The molecule has 16 heavy (non-hydrogen) atoms. The van der Waals surface area contributed by atoms with Crippen molar-refractivity contribution in [2.75, 3.05) is 6.54 Å². The zero-order valence-electron chi connectivity index (χ0n) is 9.39. The van der Waals surface area contributed by atoms with E-state index in [1.54, 1.807) is 6.08 Å². The standard InChI is InChI=1S/C10H20N4O.ClH/c11-9(15)7-5-3-1-2-4-6-8-14-10(12)13;/h5,7H,1-4,6,8H2,(H2,11,15)(H4,12,13,14);1H. The fourth-order valence-corrected chi connectivity index (χ4v) is 1.14. The molecule has 0 spiro atoms. The van der Waals surface area contributed by atoms with Crippen LogP contribution in [0.4, 0.5) is 0 Å². The number of nitrogens with two attached hydrogens (primary N) is 3. The molecule has 0 saturated heterocycles. The minimum absolute atomic E-state index is 0. The number of hydrogen-bond acceptors (Lipinski definition) is 2. The quantitative estimate of drug-likeness (QED) is 0.254. The van der Waals surface area contributed by atoms with E-state index >= 15 is 0 Å². The number of guanidine groups is 1. The third-order valence-corrected chi connectivity index (χ3v) is 1.86. The van der Waals surface area contributed by atoms with Gasteiger partial charge in [0.15, 0.2) is 5.96 Å². The molecule has 0 aromatic rings. The molecule has 6 heteroatoms. The second-order valence-corrected chi connectivity index (χ2v) is 3.31. The van der Waals surface area contributed by atoms with Crippen LogP contribution in [0.25, 0.3) is 0 Å². The van der Waals surface area contributed by atoms with E-state index in [2.05, 4.69) is 4.99 Å². The van der Waals surface area contributed by atoms with Crippen LogP contribution in [0.1, 0.15) is 32.1 Å². The molecule has 0 aliphatic rings. The molecule has 0 saturated carbocycles. The van der Waals surface area contributed by atoms with Gasteiger partial charge in [-0.2, -0.15) is 0 Å². The number of allylic oxidation sites excluding steroid dienone is 1. The number of primary amides is 1. The van der Waals surface area contributed by atoms with Gasteiger partial charge in [-0.05, 0) is 25.3 Å². The van der Waals surface area contributed by atoms with Crippen molar-refractivity contribution in [3.63, 3.8) is 0 Å². The van der Waals surface area contributed by atoms with Crippen LogP contribution in [-0.2, 0) is 4.79 Å². The van der Waals surface area contributed by atoms with Gasteiger partial charge in [0.05, 0.1) is 0 Å². The molecule has 0 atom stereocenters. The van der Waals surface area contributed by atoms with Crippen LogP contribution in [-0.4, -0.2) is 18.4 Å². The number of nitrogens with zero attached hydrogens (tertiary/aromatic N) is 1. The average Bonchev–Trinajstić information content (AvgIpc) is 2.14. The summed E-state index contributed by atoms with van der Waals surface area (Å²) in [5.74, 6) is -0.234. The van der Waals surface area contributed by atoms with Gasteiger partial charge in [-0.15, -0.1) is 12.4 Å². The largest absolute Gasteiger partial charge is 0.370 e. The first-order valence-electron chi connectivity index (χ1n) is 5.14. The van der Waals surface area contributed by atoms with Gasteiger partial charge < -0.3 is 17.2 Å². The van der Waals surface area contributed by atoms with Crippen LogP contribution in [0, 0.1) is 0 Å². The van der Waals surface area contributed by atoms with Crippen molar-refractivity contribution in [3.05, 3.63) is 12.2 Å². The summed E-state index contributed by atoms with van der Waals surface area (Å²) in [4.78, 5) is 14.2. The fraction of sp³-hybridized carbons (Fsp3) is 0.600. The number of rotatable bonds is 8. The number of aliphatic imine (C=N–C) groups is 1. The van der Waals surface area contributed by atoms with Gasteiger partial charge >= 0.3 is 0 Å². The van der Waals surface area contributed by atoms with E-state index in [0.29, 0.717) is 6.54 Å². The number of halogens is 1. The van der Waals surface area contributed by atoms with Gasteiger partial charge in [0.2, 0.25) is 5.91 Å². The lowest BCUT2D eigenvalue weighted by Crippen LogP contribution is -2.22. The lowest BCUT2D eigenvalue weighted by Gasteiger charge is -1.97. The predicted octanol–water partition coefficient (Wildman–Crippen LogP) is 0.674. The van der Waals surface area contributed by atoms with Crippen LogP contribution in [0.2, 0.25) is 0 Å². The Morgan fingerprint density at radius 3 is 2.25 bits per heavy atom. The number of unbranched alkanes of at least 4 members (excludes halogenated alkanes) is 4. The fourth-order valence-electron chi connectivity index (χ4n) is 1.14. The zero-order valence-corrected chi connectivity index (χ0v) is 10.2. The Hall–Kier alpha value is -1.23. The van der Waals surface area contributed by atoms with Gasteiger partial charge in [0.1, 0.15) is 0 Å². The van der Waals surface area contributed by atoms with Crippen molar-refractivity contribution in [2.24, 2.45) is 22.2 Å². The summed E-state index contributed by atoms with van der Waals surface area (Å²) in [6.45, 7) is 0.694. The maximum absolute atomic E-state index is 10.3. The Bertz CT molecular complexity index is 237. The number of carbonyl (C=O) groups is 1. The molecule has 1 amide bonds. The minimum atomic E-state index is -0.386. The second kappa shape index (κ2) is 11.8. The van der Waals surface area contributed by atoms with Gasteiger partial charge in [0.25, 0.3) is 0 Å². The molecule has 0 fully saturated rings.